The normalized spacial score (nSPS) is 17.4. The largest absolute Gasteiger partial charge is 0.393 e. The van der Waals surface area contributed by atoms with E-state index in [1.165, 1.54) is 32.3 Å². The minimum atomic E-state index is -1.64. The van der Waals surface area contributed by atoms with E-state index in [0.29, 0.717) is 29.8 Å². The molecule has 42 heavy (non-hydrogen) atoms. The average molecular weight is 576 g/mol. The van der Waals surface area contributed by atoms with Gasteiger partial charge in [-0.05, 0) is 88.9 Å². The van der Waals surface area contributed by atoms with Crippen LogP contribution in [0.4, 0.5) is 10.2 Å². The molecule has 9 nitrogen and oxygen atoms in total. The van der Waals surface area contributed by atoms with Gasteiger partial charge in [0.25, 0.3) is 5.91 Å². The van der Waals surface area contributed by atoms with Crippen LogP contribution in [-0.2, 0) is 11.3 Å². The lowest BCUT2D eigenvalue weighted by Crippen LogP contribution is -2.32. The van der Waals surface area contributed by atoms with Crippen LogP contribution in [0.3, 0.4) is 0 Å². The molecule has 1 unspecified atom stereocenters. The molecule has 1 aromatic carbocycles. The topological polar surface area (TPSA) is 118 Å². The molecule has 3 heterocycles. The first kappa shape index (κ1) is 31.1. The van der Waals surface area contributed by atoms with E-state index in [9.17, 15) is 14.0 Å². The van der Waals surface area contributed by atoms with Crippen molar-refractivity contribution < 1.29 is 14.0 Å². The van der Waals surface area contributed by atoms with Crippen LogP contribution in [0.5, 0.6) is 0 Å². The molecule has 2 fully saturated rings. The van der Waals surface area contributed by atoms with Gasteiger partial charge in [-0.15, -0.1) is 0 Å². The number of amides is 1. The van der Waals surface area contributed by atoms with Crippen molar-refractivity contribution in [1.29, 1.82) is 0 Å². The monoisotopic (exact) mass is 575 g/mol. The molecule has 5 rings (SSSR count). The number of nitrogens with one attached hydrogen (secondary N) is 2. The Labute approximate surface area is 247 Å². The number of carbonyl (C=O) groups is 2. The van der Waals surface area contributed by atoms with Crippen molar-refractivity contribution in [2.45, 2.75) is 63.6 Å². The zero-order valence-corrected chi connectivity index (χ0v) is 24.9. The van der Waals surface area contributed by atoms with Crippen LogP contribution < -0.4 is 16.4 Å². The molecule has 1 saturated carbocycles. The highest BCUT2D eigenvalue weighted by Crippen LogP contribution is 2.40. The number of likely N-dealkylation sites (N-methyl/N-ethyl adjacent to an activating group) is 1. The molecule has 1 aliphatic carbocycles. The van der Waals surface area contributed by atoms with Crippen LogP contribution in [-0.4, -0.2) is 64.5 Å². The van der Waals surface area contributed by atoms with Gasteiger partial charge in [0.2, 0.25) is 0 Å². The molecule has 3 aromatic rings. The van der Waals surface area contributed by atoms with Gasteiger partial charge >= 0.3 is 0 Å². The summed E-state index contributed by atoms with van der Waals surface area (Å²) in [5.74, 6) is 2.41. The fraction of sp³-hybridized carbons (Fsp3) is 0.438. The molecule has 1 saturated heterocycles. The van der Waals surface area contributed by atoms with Gasteiger partial charge in [0.1, 0.15) is 11.6 Å². The highest BCUT2D eigenvalue weighted by molar-refractivity contribution is 6.04. The summed E-state index contributed by atoms with van der Waals surface area (Å²) < 4.78 is 13.9. The highest BCUT2D eigenvalue weighted by Gasteiger charge is 2.27. The molecule has 1 amide bonds. The molecule has 1 aliphatic heterocycles. The number of aldehydes is 1. The quantitative estimate of drug-likeness (QED) is 0.310. The average Bonchev–Trinajstić information content (AvgIpc) is 3.77. The Morgan fingerprint density at radius 1 is 1.17 bits per heavy atom. The van der Waals surface area contributed by atoms with Crippen LogP contribution in [0, 0.1) is 0 Å². The second-order valence-electron chi connectivity index (χ2n) is 11.5. The van der Waals surface area contributed by atoms with E-state index < -0.39 is 5.67 Å². The summed E-state index contributed by atoms with van der Waals surface area (Å²) in [6.07, 6.45) is 10.6. The molecule has 2 aliphatic rings. The number of hydrogen-bond acceptors (Lipinski definition) is 7. The molecule has 0 spiro atoms. The number of pyridine rings is 1. The van der Waals surface area contributed by atoms with E-state index in [-0.39, 0.29) is 12.2 Å². The van der Waals surface area contributed by atoms with Crippen molar-refractivity contribution >= 4 is 24.2 Å². The van der Waals surface area contributed by atoms with Crippen LogP contribution in [0.25, 0.3) is 17.5 Å². The van der Waals surface area contributed by atoms with Gasteiger partial charge in [-0.3, -0.25) is 9.59 Å². The van der Waals surface area contributed by atoms with Gasteiger partial charge in [0, 0.05) is 55.8 Å². The van der Waals surface area contributed by atoms with Crippen LogP contribution in [0.15, 0.2) is 48.8 Å². The lowest BCUT2D eigenvalue weighted by atomic mass is 9.97. The summed E-state index contributed by atoms with van der Waals surface area (Å²) in [6, 6.07) is 11.6. The predicted molar refractivity (Wildman–Crippen MR) is 165 cm³/mol. The van der Waals surface area contributed by atoms with Gasteiger partial charge < -0.3 is 25.8 Å². The third kappa shape index (κ3) is 8.10. The highest BCUT2D eigenvalue weighted by atomic mass is 19.1. The first-order valence-electron chi connectivity index (χ1n) is 14.5. The van der Waals surface area contributed by atoms with Crippen LogP contribution in [0.1, 0.15) is 78.8 Å². The third-order valence-electron chi connectivity index (χ3n) is 7.39. The zero-order valence-electron chi connectivity index (χ0n) is 24.9. The number of benzene rings is 1. The molecule has 0 bridgehead atoms. The van der Waals surface area contributed by atoms with E-state index >= 15 is 0 Å². The third-order valence-corrected chi connectivity index (χ3v) is 7.39. The van der Waals surface area contributed by atoms with Crippen molar-refractivity contribution in [3.8, 4) is 11.3 Å². The second kappa shape index (κ2) is 13.8. The maximum absolute atomic E-state index is 12.9. The fourth-order valence-electron chi connectivity index (χ4n) is 5.05. The number of rotatable bonds is 9. The number of nitrogens with two attached hydrogens (primary N) is 1. The number of imidazole rings is 1. The summed E-state index contributed by atoms with van der Waals surface area (Å²) in [4.78, 5) is 34.1. The number of likely N-dealkylation sites (tertiary alicyclic amines) is 1. The van der Waals surface area contributed by atoms with Crippen molar-refractivity contribution in [2.24, 2.45) is 5.73 Å². The molecule has 1 atom stereocenters. The second-order valence-corrected chi connectivity index (χ2v) is 11.5. The smallest absolute Gasteiger partial charge is 0.256 e. The lowest BCUT2D eigenvalue weighted by Gasteiger charge is -2.29. The van der Waals surface area contributed by atoms with Gasteiger partial charge in [0.15, 0.2) is 12.0 Å². The number of aromatic nitrogens is 3. The van der Waals surface area contributed by atoms with Gasteiger partial charge in [-0.2, -0.15) is 0 Å². The summed E-state index contributed by atoms with van der Waals surface area (Å²) in [5.41, 5.74) is 9.20. The SMILES string of the molecule is CC(C)(F)C=O.CN/C=C\n1c(C2CCCN(C)C2)nc(-c2ccc(C(=O)Nc3cc(C4CC4)ccn3)cc2)c1CN. The van der Waals surface area contributed by atoms with Gasteiger partial charge in [-0.1, -0.05) is 12.1 Å². The number of alkyl halides is 1. The first-order valence-corrected chi connectivity index (χ1v) is 14.5. The zero-order chi connectivity index (χ0) is 30.3. The molecule has 4 N–H and O–H groups in total. The number of carbonyl (C=O) groups excluding carboxylic acids is 2. The Kier molecular flexibility index (Phi) is 10.2. The Bertz CT molecular complexity index is 1390. The maximum atomic E-state index is 12.9. The van der Waals surface area contributed by atoms with E-state index in [1.807, 2.05) is 55.8 Å². The van der Waals surface area contributed by atoms with Crippen molar-refractivity contribution in [3.05, 3.63) is 71.4 Å². The molecular formula is C32H42FN7O2. The Balaban J connectivity index is 0.000000612. The maximum Gasteiger partial charge on any atom is 0.256 e. The minimum Gasteiger partial charge on any atom is -0.393 e. The Morgan fingerprint density at radius 3 is 2.48 bits per heavy atom. The molecule has 10 heteroatoms. The summed E-state index contributed by atoms with van der Waals surface area (Å²) in [5, 5.41) is 6.01. The first-order chi connectivity index (χ1) is 20.1. The predicted octanol–water partition coefficient (Wildman–Crippen LogP) is 4.92. The van der Waals surface area contributed by atoms with E-state index in [2.05, 4.69) is 32.1 Å². The summed E-state index contributed by atoms with van der Waals surface area (Å²) in [7, 11) is 4.04. The fourth-order valence-corrected chi connectivity index (χ4v) is 5.05. The molecule has 2 aromatic heterocycles. The molecule has 224 valence electrons. The van der Waals surface area contributed by atoms with E-state index in [1.54, 1.807) is 6.20 Å². The number of halogens is 1. The van der Waals surface area contributed by atoms with Crippen LogP contribution in [0.2, 0.25) is 0 Å². The Morgan fingerprint density at radius 2 is 1.88 bits per heavy atom. The van der Waals surface area contributed by atoms with Gasteiger partial charge in [0.05, 0.1) is 11.4 Å². The lowest BCUT2D eigenvalue weighted by molar-refractivity contribution is -0.115. The number of nitrogens with zero attached hydrogens (tertiary/aromatic N) is 4. The summed E-state index contributed by atoms with van der Waals surface area (Å²) >= 11 is 0. The Hall–Kier alpha value is -3.89. The van der Waals surface area contributed by atoms with Crippen molar-refractivity contribution in [2.75, 3.05) is 32.5 Å². The van der Waals surface area contributed by atoms with E-state index in [4.69, 9.17) is 10.7 Å². The number of hydrogen-bond donors (Lipinski definition) is 3. The number of piperidine rings is 1. The minimum absolute atomic E-state index is 0.172. The molecular weight excluding hydrogens is 533 g/mol. The van der Waals surface area contributed by atoms with Crippen molar-refractivity contribution in [3.63, 3.8) is 0 Å². The summed E-state index contributed by atoms with van der Waals surface area (Å²) in [6.45, 7) is 4.87. The van der Waals surface area contributed by atoms with Crippen molar-refractivity contribution in [1.82, 2.24) is 24.8 Å². The van der Waals surface area contributed by atoms with Gasteiger partial charge in [-0.25, -0.2) is 14.4 Å². The standard InChI is InChI=1S/C28H35N7O.C4H7FO/c1-30-13-15-35-24(17-29)26(33-27(35)23-4-3-14-34(2)18-23)20-7-9-21(10-8-20)28(36)32-25-16-22(11-12-31-25)19-5-6-19;1-4(2,5)3-6/h7-13,15-16,19,23,30H,3-6,14,17-18,29H2,1-2H3,(H,31,32,36);3H,1-2H3/b15-13-;. The van der Waals surface area contributed by atoms with E-state index in [0.717, 1.165) is 48.7 Å². The van der Waals surface area contributed by atoms with Crippen LogP contribution >= 0.6 is 0 Å². The number of anilines is 1. The molecule has 0 radical (unpaired) electrons.